The largest absolute Gasteiger partial charge is 0.325 e. The fraction of sp³-hybridized carbons (Fsp3) is 0.857. The third-order valence-corrected chi connectivity index (χ3v) is 4.92. The second-order valence-electron chi connectivity index (χ2n) is 6.05. The normalized spacial score (nSPS) is 27.3. The first-order chi connectivity index (χ1) is 9.22. The Hall–Kier alpha value is -1.10. The molecule has 2 saturated heterocycles. The minimum atomic E-state index is -0.519. The molecule has 19 heavy (non-hydrogen) atoms. The summed E-state index contributed by atoms with van der Waals surface area (Å²) in [7, 11) is 0. The summed E-state index contributed by atoms with van der Waals surface area (Å²) in [5.74, 6) is -0.0568. The number of nitrogens with one attached hydrogen (secondary N) is 1. The first-order valence-electron chi connectivity index (χ1n) is 7.58. The third kappa shape index (κ3) is 2.24. The molecule has 0 aromatic carbocycles. The zero-order valence-electron chi connectivity index (χ0n) is 11.5. The SMILES string of the molecule is O=C1NC(=O)C2(CCCCC2)N1CCN1CCCC1. The maximum Gasteiger partial charge on any atom is 0.325 e. The first kappa shape index (κ1) is 12.9. The highest BCUT2D eigenvalue weighted by molar-refractivity contribution is 6.07. The molecule has 3 rings (SSSR count). The summed E-state index contributed by atoms with van der Waals surface area (Å²) in [6.45, 7) is 3.87. The van der Waals surface area contributed by atoms with Gasteiger partial charge < -0.3 is 9.80 Å². The molecule has 1 spiro atoms. The number of urea groups is 1. The summed E-state index contributed by atoms with van der Waals surface area (Å²) < 4.78 is 0. The van der Waals surface area contributed by atoms with Crippen LogP contribution in [0.25, 0.3) is 0 Å². The number of amides is 3. The molecule has 0 aromatic heterocycles. The fourth-order valence-corrected chi connectivity index (χ4v) is 3.79. The third-order valence-electron chi connectivity index (χ3n) is 4.92. The highest BCUT2D eigenvalue weighted by atomic mass is 16.2. The molecule has 0 unspecified atom stereocenters. The molecule has 1 N–H and O–H groups in total. The molecule has 1 aliphatic carbocycles. The van der Waals surface area contributed by atoms with Crippen LogP contribution in [0.4, 0.5) is 4.79 Å². The molecule has 0 aromatic rings. The van der Waals surface area contributed by atoms with Crippen molar-refractivity contribution in [3.63, 3.8) is 0 Å². The van der Waals surface area contributed by atoms with Crippen LogP contribution in [0.2, 0.25) is 0 Å². The summed E-state index contributed by atoms with van der Waals surface area (Å²) in [4.78, 5) is 28.4. The van der Waals surface area contributed by atoms with E-state index in [0.717, 1.165) is 45.3 Å². The van der Waals surface area contributed by atoms with E-state index in [1.54, 1.807) is 0 Å². The molecule has 5 heteroatoms. The van der Waals surface area contributed by atoms with Gasteiger partial charge in [-0.15, -0.1) is 0 Å². The van der Waals surface area contributed by atoms with Crippen molar-refractivity contribution in [2.24, 2.45) is 0 Å². The molecule has 1 saturated carbocycles. The second kappa shape index (κ2) is 5.12. The van der Waals surface area contributed by atoms with E-state index in [1.807, 2.05) is 4.90 Å². The molecule has 0 atom stereocenters. The smallest absolute Gasteiger partial charge is 0.308 e. The lowest BCUT2D eigenvalue weighted by atomic mass is 9.80. The number of nitrogens with zero attached hydrogens (tertiary/aromatic N) is 2. The summed E-state index contributed by atoms with van der Waals surface area (Å²) in [5.41, 5.74) is -0.519. The van der Waals surface area contributed by atoms with Crippen LogP contribution in [0.1, 0.15) is 44.9 Å². The number of carbonyl (C=O) groups is 2. The number of hydrogen-bond donors (Lipinski definition) is 1. The molecule has 0 radical (unpaired) electrons. The van der Waals surface area contributed by atoms with E-state index in [-0.39, 0.29) is 11.9 Å². The van der Waals surface area contributed by atoms with Gasteiger partial charge >= 0.3 is 6.03 Å². The Balaban J connectivity index is 1.69. The van der Waals surface area contributed by atoms with Crippen LogP contribution < -0.4 is 5.32 Å². The predicted octanol–water partition coefficient (Wildman–Crippen LogP) is 1.34. The molecule has 2 aliphatic heterocycles. The average molecular weight is 265 g/mol. The Morgan fingerprint density at radius 3 is 2.32 bits per heavy atom. The van der Waals surface area contributed by atoms with Crippen LogP contribution in [0.5, 0.6) is 0 Å². The minimum Gasteiger partial charge on any atom is -0.308 e. The van der Waals surface area contributed by atoms with Crippen LogP contribution >= 0.6 is 0 Å². The fourth-order valence-electron chi connectivity index (χ4n) is 3.79. The monoisotopic (exact) mass is 265 g/mol. The van der Waals surface area contributed by atoms with Gasteiger partial charge in [0.1, 0.15) is 5.54 Å². The first-order valence-corrected chi connectivity index (χ1v) is 7.58. The van der Waals surface area contributed by atoms with Gasteiger partial charge in [-0.3, -0.25) is 10.1 Å². The minimum absolute atomic E-state index is 0.0568. The van der Waals surface area contributed by atoms with Crippen molar-refractivity contribution >= 4 is 11.9 Å². The molecule has 0 bridgehead atoms. The molecular formula is C14H23N3O2. The topological polar surface area (TPSA) is 52.7 Å². The summed E-state index contributed by atoms with van der Waals surface area (Å²) in [6.07, 6.45) is 7.49. The van der Waals surface area contributed by atoms with Gasteiger partial charge in [0.25, 0.3) is 5.91 Å². The van der Waals surface area contributed by atoms with Crippen molar-refractivity contribution in [2.75, 3.05) is 26.2 Å². The van der Waals surface area contributed by atoms with Crippen LogP contribution in [0, 0.1) is 0 Å². The zero-order chi connectivity index (χ0) is 13.3. The Morgan fingerprint density at radius 2 is 1.63 bits per heavy atom. The van der Waals surface area contributed by atoms with E-state index in [0.29, 0.717) is 6.54 Å². The summed E-state index contributed by atoms with van der Waals surface area (Å²) in [6, 6.07) is -0.175. The van der Waals surface area contributed by atoms with Gasteiger partial charge in [0, 0.05) is 13.1 Å². The van der Waals surface area contributed by atoms with Crippen LogP contribution in [0.3, 0.4) is 0 Å². The lowest BCUT2D eigenvalue weighted by Crippen LogP contribution is -2.52. The standard InChI is InChI=1S/C14H23N3O2/c18-12-14(6-2-1-3-7-14)17(13(19)15-12)11-10-16-8-4-5-9-16/h1-11H2,(H,15,18,19). The average Bonchev–Trinajstić information content (AvgIpc) is 2.99. The molecular weight excluding hydrogens is 242 g/mol. The summed E-state index contributed by atoms with van der Waals surface area (Å²) in [5, 5.41) is 2.53. The van der Waals surface area contributed by atoms with Gasteiger partial charge in [-0.2, -0.15) is 0 Å². The second-order valence-corrected chi connectivity index (χ2v) is 6.05. The quantitative estimate of drug-likeness (QED) is 0.783. The van der Waals surface area contributed by atoms with Gasteiger partial charge in [-0.1, -0.05) is 19.3 Å². The lowest BCUT2D eigenvalue weighted by Gasteiger charge is -2.38. The van der Waals surface area contributed by atoms with Crippen LogP contribution in [-0.2, 0) is 4.79 Å². The van der Waals surface area contributed by atoms with Gasteiger partial charge in [-0.25, -0.2) is 4.79 Å². The number of rotatable bonds is 3. The van der Waals surface area contributed by atoms with E-state index in [4.69, 9.17) is 0 Å². The van der Waals surface area contributed by atoms with E-state index >= 15 is 0 Å². The molecule has 3 fully saturated rings. The molecule has 5 nitrogen and oxygen atoms in total. The molecule has 3 amide bonds. The van der Waals surface area contributed by atoms with Crippen molar-refractivity contribution in [1.29, 1.82) is 0 Å². The van der Waals surface area contributed by atoms with Crippen molar-refractivity contribution in [1.82, 2.24) is 15.1 Å². The van der Waals surface area contributed by atoms with Gasteiger partial charge in [0.2, 0.25) is 0 Å². The van der Waals surface area contributed by atoms with Crippen LogP contribution in [-0.4, -0.2) is 53.5 Å². The Labute approximate surface area is 114 Å². The van der Waals surface area contributed by atoms with E-state index < -0.39 is 5.54 Å². The lowest BCUT2D eigenvalue weighted by molar-refractivity contribution is -0.128. The van der Waals surface area contributed by atoms with Gasteiger partial charge in [-0.05, 0) is 38.8 Å². The van der Waals surface area contributed by atoms with Crippen molar-refractivity contribution in [3.05, 3.63) is 0 Å². The van der Waals surface area contributed by atoms with E-state index in [9.17, 15) is 9.59 Å². The number of hydrogen-bond acceptors (Lipinski definition) is 3. The van der Waals surface area contributed by atoms with Gasteiger partial charge in [0.05, 0.1) is 0 Å². The molecule has 2 heterocycles. The highest BCUT2D eigenvalue weighted by Crippen LogP contribution is 2.36. The van der Waals surface area contributed by atoms with Crippen LogP contribution in [0.15, 0.2) is 0 Å². The maximum atomic E-state index is 12.2. The van der Waals surface area contributed by atoms with Crippen molar-refractivity contribution in [2.45, 2.75) is 50.5 Å². The number of imide groups is 1. The number of likely N-dealkylation sites (tertiary alicyclic amines) is 1. The van der Waals surface area contributed by atoms with Gasteiger partial charge in [0.15, 0.2) is 0 Å². The Kier molecular flexibility index (Phi) is 3.48. The molecule has 3 aliphatic rings. The van der Waals surface area contributed by atoms with E-state index in [1.165, 1.54) is 19.3 Å². The predicted molar refractivity (Wildman–Crippen MR) is 71.7 cm³/mol. The van der Waals surface area contributed by atoms with E-state index in [2.05, 4.69) is 10.2 Å². The Bertz CT molecular complexity index is 371. The molecule has 106 valence electrons. The Morgan fingerprint density at radius 1 is 0.947 bits per heavy atom. The maximum absolute atomic E-state index is 12.2. The zero-order valence-corrected chi connectivity index (χ0v) is 11.5. The van der Waals surface area contributed by atoms with Crippen molar-refractivity contribution < 1.29 is 9.59 Å². The number of carbonyl (C=O) groups excluding carboxylic acids is 2. The highest BCUT2D eigenvalue weighted by Gasteiger charge is 2.52. The van der Waals surface area contributed by atoms with Crippen molar-refractivity contribution in [3.8, 4) is 0 Å². The summed E-state index contributed by atoms with van der Waals surface area (Å²) >= 11 is 0.